The molecule has 1 aliphatic carbocycles. The molecule has 1 aromatic carbocycles. The molecule has 0 amide bonds. The van der Waals surface area contributed by atoms with Gasteiger partial charge in [0.2, 0.25) is 0 Å². The van der Waals surface area contributed by atoms with Crippen molar-refractivity contribution in [2.45, 2.75) is 48.2 Å². The van der Waals surface area contributed by atoms with Crippen LogP contribution in [0.3, 0.4) is 0 Å². The second-order valence-corrected chi connectivity index (χ2v) is 9.55. The molecule has 3 nitrogen and oxygen atoms in total. The van der Waals surface area contributed by atoms with Gasteiger partial charge in [-0.25, -0.2) is 4.98 Å². The first-order chi connectivity index (χ1) is 13.7. The quantitative estimate of drug-likeness (QED) is 0.533. The van der Waals surface area contributed by atoms with Crippen LogP contribution in [0, 0.1) is 5.92 Å². The minimum atomic E-state index is 0.251. The van der Waals surface area contributed by atoms with E-state index in [1.165, 1.54) is 23.3 Å². The molecule has 0 bridgehead atoms. The number of hydrogen-bond donors (Lipinski definition) is 1. The van der Waals surface area contributed by atoms with E-state index in [0.29, 0.717) is 10.9 Å². The Hall–Kier alpha value is -1.49. The molecule has 1 atom stereocenters. The molecule has 1 N–H and O–H groups in total. The van der Waals surface area contributed by atoms with Crippen LogP contribution in [0.2, 0.25) is 5.02 Å². The summed E-state index contributed by atoms with van der Waals surface area (Å²) in [5, 5.41) is 4.88. The fraction of sp³-hybridized carbons (Fsp3) is 0.435. The Balaban J connectivity index is 1.49. The summed E-state index contributed by atoms with van der Waals surface area (Å²) in [5.74, 6) is 1.70. The van der Waals surface area contributed by atoms with Gasteiger partial charge in [0.15, 0.2) is 0 Å². The largest absolute Gasteiger partial charge is 0.381 e. The summed E-state index contributed by atoms with van der Waals surface area (Å²) < 4.78 is 5.55. The summed E-state index contributed by atoms with van der Waals surface area (Å²) in [5.41, 5.74) is 2.31. The number of benzene rings is 1. The Labute approximate surface area is 176 Å². The molecule has 1 saturated heterocycles. The Morgan fingerprint density at radius 3 is 2.54 bits per heavy atom. The minimum absolute atomic E-state index is 0.251. The van der Waals surface area contributed by atoms with Crippen molar-refractivity contribution in [1.29, 1.82) is 0 Å². The molecule has 4 rings (SSSR count). The van der Waals surface area contributed by atoms with Crippen LogP contribution in [-0.4, -0.2) is 23.4 Å². The van der Waals surface area contributed by atoms with Crippen LogP contribution in [0.1, 0.15) is 43.6 Å². The fourth-order valence-electron chi connectivity index (χ4n) is 3.65. The number of halogens is 1. The number of nitrogens with zero attached hydrogens (tertiary/aromatic N) is 1. The van der Waals surface area contributed by atoms with Crippen LogP contribution in [0.5, 0.6) is 0 Å². The molecule has 2 fully saturated rings. The van der Waals surface area contributed by atoms with E-state index in [4.69, 9.17) is 16.3 Å². The highest BCUT2D eigenvalue weighted by molar-refractivity contribution is 8.00. The SMILES string of the molecule is C=C(Nc1ccc(Cl)cn1)C(CC1CCOCC1)c1ccc(SC2CC2)cc1. The molecule has 1 aliphatic heterocycles. The zero-order valence-electron chi connectivity index (χ0n) is 16.1. The summed E-state index contributed by atoms with van der Waals surface area (Å²) in [6.45, 7) is 6.11. The number of anilines is 1. The van der Waals surface area contributed by atoms with Gasteiger partial charge in [-0.1, -0.05) is 30.3 Å². The standard InChI is InChI=1S/C23H27ClN2OS/c1-16(26-23-9-4-19(24)15-25-23)22(14-17-10-12-27-13-11-17)18-2-5-20(6-3-18)28-21-7-8-21/h2-6,9,15,17,21-22H,1,7-8,10-14H2,(H,25,26). The Kier molecular flexibility index (Phi) is 6.61. The van der Waals surface area contributed by atoms with Crippen molar-refractivity contribution < 1.29 is 4.74 Å². The summed E-state index contributed by atoms with van der Waals surface area (Å²) >= 11 is 7.97. The normalized spacial score (nSPS) is 18.6. The third-order valence-electron chi connectivity index (χ3n) is 5.46. The third-order valence-corrected chi connectivity index (χ3v) is 7.03. The van der Waals surface area contributed by atoms with Gasteiger partial charge in [-0.3, -0.25) is 0 Å². The van der Waals surface area contributed by atoms with Gasteiger partial charge in [0.05, 0.1) is 5.02 Å². The summed E-state index contributed by atoms with van der Waals surface area (Å²) in [6.07, 6.45) is 7.70. The molecule has 0 spiro atoms. The topological polar surface area (TPSA) is 34.2 Å². The summed E-state index contributed by atoms with van der Waals surface area (Å²) in [6, 6.07) is 12.8. The van der Waals surface area contributed by atoms with E-state index in [-0.39, 0.29) is 5.92 Å². The lowest BCUT2D eigenvalue weighted by atomic mass is 9.83. The van der Waals surface area contributed by atoms with Gasteiger partial charge in [-0.2, -0.15) is 0 Å². The van der Waals surface area contributed by atoms with Crippen LogP contribution in [0.4, 0.5) is 5.82 Å². The minimum Gasteiger partial charge on any atom is -0.381 e. The predicted molar refractivity (Wildman–Crippen MR) is 118 cm³/mol. The Morgan fingerprint density at radius 2 is 1.89 bits per heavy atom. The highest BCUT2D eigenvalue weighted by atomic mass is 35.5. The van der Waals surface area contributed by atoms with E-state index in [1.54, 1.807) is 6.20 Å². The first kappa shape index (κ1) is 19.8. The maximum atomic E-state index is 5.96. The number of pyridine rings is 1. The number of thioether (sulfide) groups is 1. The molecule has 1 aromatic heterocycles. The van der Waals surface area contributed by atoms with Crippen molar-refractivity contribution >= 4 is 29.2 Å². The van der Waals surface area contributed by atoms with E-state index in [0.717, 1.165) is 49.2 Å². The van der Waals surface area contributed by atoms with E-state index in [9.17, 15) is 0 Å². The van der Waals surface area contributed by atoms with Gasteiger partial charge in [0.25, 0.3) is 0 Å². The highest BCUT2D eigenvalue weighted by Gasteiger charge is 2.25. The number of rotatable bonds is 8. The first-order valence-corrected chi connectivity index (χ1v) is 11.3. The number of allylic oxidation sites excluding steroid dienone is 1. The number of aromatic nitrogens is 1. The van der Waals surface area contributed by atoms with Crippen LogP contribution in [0.15, 0.2) is 59.8 Å². The fourth-order valence-corrected chi connectivity index (χ4v) is 4.82. The van der Waals surface area contributed by atoms with Crippen molar-refractivity contribution in [1.82, 2.24) is 4.98 Å². The van der Waals surface area contributed by atoms with Crippen molar-refractivity contribution in [3.05, 3.63) is 65.5 Å². The van der Waals surface area contributed by atoms with E-state index < -0.39 is 0 Å². The molecular weight excluding hydrogens is 388 g/mol. The zero-order valence-corrected chi connectivity index (χ0v) is 17.6. The molecule has 2 aromatic rings. The van der Waals surface area contributed by atoms with E-state index in [1.807, 2.05) is 23.9 Å². The number of ether oxygens (including phenoxy) is 1. The smallest absolute Gasteiger partial charge is 0.130 e. The van der Waals surface area contributed by atoms with Crippen molar-refractivity contribution in [2.75, 3.05) is 18.5 Å². The molecule has 1 saturated carbocycles. The first-order valence-electron chi connectivity index (χ1n) is 10.1. The summed E-state index contributed by atoms with van der Waals surface area (Å²) in [7, 11) is 0. The number of hydrogen-bond acceptors (Lipinski definition) is 4. The van der Waals surface area contributed by atoms with Gasteiger partial charge >= 0.3 is 0 Å². The van der Waals surface area contributed by atoms with Crippen molar-refractivity contribution in [3.63, 3.8) is 0 Å². The molecule has 1 unspecified atom stereocenters. The lowest BCUT2D eigenvalue weighted by molar-refractivity contribution is 0.0626. The Bertz CT molecular complexity index is 783. The van der Waals surface area contributed by atoms with Crippen molar-refractivity contribution in [2.24, 2.45) is 5.92 Å². The molecule has 2 heterocycles. The third kappa shape index (κ3) is 5.53. The average molecular weight is 415 g/mol. The number of nitrogens with one attached hydrogen (secondary N) is 1. The second kappa shape index (κ2) is 9.34. The maximum Gasteiger partial charge on any atom is 0.130 e. The van der Waals surface area contributed by atoms with Crippen LogP contribution < -0.4 is 5.32 Å². The molecule has 28 heavy (non-hydrogen) atoms. The zero-order chi connectivity index (χ0) is 19.3. The van der Waals surface area contributed by atoms with Gasteiger partial charge in [0.1, 0.15) is 5.82 Å². The molecule has 148 valence electrons. The summed E-state index contributed by atoms with van der Waals surface area (Å²) in [4.78, 5) is 5.74. The van der Waals surface area contributed by atoms with Gasteiger partial charge in [-0.15, -0.1) is 11.8 Å². The molecular formula is C23H27ClN2OS. The van der Waals surface area contributed by atoms with Gasteiger partial charge < -0.3 is 10.1 Å². The predicted octanol–water partition coefficient (Wildman–Crippen LogP) is 6.52. The van der Waals surface area contributed by atoms with E-state index in [2.05, 4.69) is 41.1 Å². The second-order valence-electron chi connectivity index (χ2n) is 7.74. The maximum absolute atomic E-state index is 5.96. The molecule has 0 radical (unpaired) electrons. The van der Waals surface area contributed by atoms with E-state index >= 15 is 0 Å². The van der Waals surface area contributed by atoms with Crippen LogP contribution >= 0.6 is 23.4 Å². The Morgan fingerprint density at radius 1 is 1.14 bits per heavy atom. The van der Waals surface area contributed by atoms with Gasteiger partial charge in [0, 0.05) is 41.2 Å². The van der Waals surface area contributed by atoms with Crippen molar-refractivity contribution in [3.8, 4) is 0 Å². The lowest BCUT2D eigenvalue weighted by Gasteiger charge is -2.28. The van der Waals surface area contributed by atoms with Crippen LogP contribution in [-0.2, 0) is 4.74 Å². The molecule has 5 heteroatoms. The molecule has 2 aliphatic rings. The van der Waals surface area contributed by atoms with Crippen LogP contribution in [0.25, 0.3) is 0 Å². The highest BCUT2D eigenvalue weighted by Crippen LogP contribution is 2.40. The average Bonchev–Trinajstić information content (AvgIpc) is 3.53. The monoisotopic (exact) mass is 414 g/mol. The van der Waals surface area contributed by atoms with Gasteiger partial charge in [-0.05, 0) is 67.9 Å². The lowest BCUT2D eigenvalue weighted by Crippen LogP contribution is -2.20.